The second-order valence-corrected chi connectivity index (χ2v) is 9.07. The van der Waals surface area contributed by atoms with E-state index in [9.17, 15) is 29.4 Å². The zero-order valence-corrected chi connectivity index (χ0v) is 21.2. The topological polar surface area (TPSA) is 200 Å². The number of nitrogens with two attached hydrogens (primary N) is 1. The maximum Gasteiger partial charge on any atom is 0.326 e. The molecular weight excluding hydrogens is 480 g/mol. The van der Waals surface area contributed by atoms with Crippen LogP contribution >= 0.6 is 0 Å². The van der Waals surface area contributed by atoms with Crippen molar-refractivity contribution in [3.8, 4) is 0 Å². The van der Waals surface area contributed by atoms with Gasteiger partial charge in [-0.1, -0.05) is 50.6 Å². The quantitative estimate of drug-likeness (QED) is 0.174. The Bertz CT molecular complexity index is 1030. The number of amides is 3. The van der Waals surface area contributed by atoms with E-state index >= 15 is 0 Å². The fourth-order valence-electron chi connectivity index (χ4n) is 3.58. The molecule has 0 spiro atoms. The lowest BCUT2D eigenvalue weighted by molar-refractivity contribution is -0.142. The van der Waals surface area contributed by atoms with Gasteiger partial charge >= 0.3 is 5.97 Å². The van der Waals surface area contributed by atoms with Crippen LogP contribution in [-0.4, -0.2) is 74.1 Å². The number of benzene rings is 1. The van der Waals surface area contributed by atoms with Crippen LogP contribution in [0.15, 0.2) is 42.9 Å². The van der Waals surface area contributed by atoms with E-state index in [-0.39, 0.29) is 18.8 Å². The van der Waals surface area contributed by atoms with Gasteiger partial charge in [-0.15, -0.1) is 0 Å². The molecule has 0 bridgehead atoms. The van der Waals surface area contributed by atoms with Crippen LogP contribution < -0.4 is 21.7 Å². The third-order valence-electron chi connectivity index (χ3n) is 6.12. The highest BCUT2D eigenvalue weighted by atomic mass is 16.4. The van der Waals surface area contributed by atoms with E-state index in [0.717, 1.165) is 5.56 Å². The standard InChI is InChI=1S/C25H36N6O6/c1-4-14(2)21(31-23(34)20(26)15(3)32)24(35)29-18(10-16-8-6-5-7-9-16)22(33)30-19(25(36)37)11-17-12-27-13-28-17/h5-9,12-15,18-21,32H,4,10-11,26H2,1-3H3,(H,27,28)(H,29,35)(H,30,33)(H,31,34)(H,36,37). The largest absolute Gasteiger partial charge is 0.480 e. The molecule has 202 valence electrons. The van der Waals surface area contributed by atoms with Crippen molar-refractivity contribution < 1.29 is 29.4 Å². The highest BCUT2D eigenvalue weighted by Gasteiger charge is 2.33. The molecule has 12 nitrogen and oxygen atoms in total. The molecule has 8 N–H and O–H groups in total. The number of aromatic nitrogens is 2. The number of rotatable bonds is 14. The molecule has 0 aliphatic heterocycles. The van der Waals surface area contributed by atoms with Crippen molar-refractivity contribution >= 4 is 23.7 Å². The number of carbonyl (C=O) groups is 4. The average Bonchev–Trinajstić information content (AvgIpc) is 3.38. The summed E-state index contributed by atoms with van der Waals surface area (Å²) in [7, 11) is 0. The number of hydrogen-bond donors (Lipinski definition) is 7. The van der Waals surface area contributed by atoms with Gasteiger partial charge in [0.1, 0.15) is 24.2 Å². The molecule has 1 heterocycles. The number of carbonyl (C=O) groups excluding carboxylic acids is 3. The Morgan fingerprint density at radius 2 is 1.62 bits per heavy atom. The maximum atomic E-state index is 13.3. The van der Waals surface area contributed by atoms with E-state index < -0.39 is 54.0 Å². The van der Waals surface area contributed by atoms with E-state index in [1.807, 2.05) is 13.0 Å². The van der Waals surface area contributed by atoms with Gasteiger partial charge in [0.15, 0.2) is 0 Å². The minimum atomic E-state index is -1.27. The van der Waals surface area contributed by atoms with E-state index in [1.165, 1.54) is 19.4 Å². The van der Waals surface area contributed by atoms with Gasteiger partial charge in [-0.05, 0) is 18.4 Å². The lowest BCUT2D eigenvalue weighted by Crippen LogP contribution is -2.60. The van der Waals surface area contributed by atoms with Crippen molar-refractivity contribution in [1.29, 1.82) is 0 Å². The van der Waals surface area contributed by atoms with Crippen LogP contribution in [0.25, 0.3) is 0 Å². The number of nitrogens with zero attached hydrogens (tertiary/aromatic N) is 1. The second-order valence-electron chi connectivity index (χ2n) is 9.07. The number of H-pyrrole nitrogens is 1. The smallest absolute Gasteiger partial charge is 0.326 e. The summed E-state index contributed by atoms with van der Waals surface area (Å²) in [6.45, 7) is 4.97. The van der Waals surface area contributed by atoms with Gasteiger partial charge in [0.05, 0.1) is 12.4 Å². The van der Waals surface area contributed by atoms with Crippen LogP contribution in [-0.2, 0) is 32.0 Å². The molecule has 6 unspecified atom stereocenters. The molecule has 0 aliphatic carbocycles. The van der Waals surface area contributed by atoms with Crippen molar-refractivity contribution in [2.45, 2.75) is 70.3 Å². The summed E-state index contributed by atoms with van der Waals surface area (Å²) in [6.07, 6.45) is 2.33. The third-order valence-corrected chi connectivity index (χ3v) is 6.12. The summed E-state index contributed by atoms with van der Waals surface area (Å²) in [5.41, 5.74) is 6.98. The van der Waals surface area contributed by atoms with Crippen molar-refractivity contribution in [3.05, 3.63) is 54.1 Å². The van der Waals surface area contributed by atoms with Gasteiger partial charge in [-0.2, -0.15) is 0 Å². The molecular formula is C25H36N6O6. The molecule has 2 rings (SSSR count). The molecule has 0 fully saturated rings. The van der Waals surface area contributed by atoms with Gasteiger partial charge in [0, 0.05) is 24.7 Å². The highest BCUT2D eigenvalue weighted by molar-refractivity contribution is 5.94. The van der Waals surface area contributed by atoms with Crippen LogP contribution in [0, 0.1) is 5.92 Å². The van der Waals surface area contributed by atoms with Gasteiger partial charge in [0.25, 0.3) is 0 Å². The molecule has 0 saturated heterocycles. The number of carboxylic acid groups (broad SMARTS) is 1. The van der Waals surface area contributed by atoms with Crippen LogP contribution in [0.1, 0.15) is 38.4 Å². The molecule has 37 heavy (non-hydrogen) atoms. The molecule has 1 aromatic heterocycles. The molecule has 0 saturated carbocycles. The summed E-state index contributed by atoms with van der Waals surface area (Å²) < 4.78 is 0. The first-order valence-corrected chi connectivity index (χ1v) is 12.1. The van der Waals surface area contributed by atoms with E-state index in [0.29, 0.717) is 12.1 Å². The summed E-state index contributed by atoms with van der Waals surface area (Å²) in [6, 6.07) is 4.26. The monoisotopic (exact) mass is 516 g/mol. The summed E-state index contributed by atoms with van der Waals surface area (Å²) >= 11 is 0. The molecule has 1 aromatic carbocycles. The van der Waals surface area contributed by atoms with Crippen molar-refractivity contribution in [3.63, 3.8) is 0 Å². The van der Waals surface area contributed by atoms with Crippen molar-refractivity contribution in [1.82, 2.24) is 25.9 Å². The fraction of sp³-hybridized carbons (Fsp3) is 0.480. The summed E-state index contributed by atoms with van der Waals surface area (Å²) in [5, 5.41) is 27.0. The number of nitrogens with one attached hydrogen (secondary N) is 4. The summed E-state index contributed by atoms with van der Waals surface area (Å²) in [5.74, 6) is -3.59. The number of aliphatic hydroxyl groups is 1. The number of hydrogen-bond acceptors (Lipinski definition) is 7. The van der Waals surface area contributed by atoms with E-state index in [1.54, 1.807) is 31.2 Å². The Morgan fingerprint density at radius 3 is 2.16 bits per heavy atom. The third kappa shape index (κ3) is 8.99. The van der Waals surface area contributed by atoms with Crippen molar-refractivity contribution in [2.24, 2.45) is 11.7 Å². The molecule has 0 radical (unpaired) electrons. The lowest BCUT2D eigenvalue weighted by Gasteiger charge is -2.28. The minimum Gasteiger partial charge on any atom is -0.480 e. The summed E-state index contributed by atoms with van der Waals surface area (Å²) in [4.78, 5) is 57.5. The number of aliphatic hydroxyl groups excluding tert-OH is 1. The van der Waals surface area contributed by atoms with E-state index in [4.69, 9.17) is 5.73 Å². The first-order chi connectivity index (χ1) is 17.5. The normalized spacial score (nSPS) is 15.9. The second kappa shape index (κ2) is 14.1. The Hall–Kier alpha value is -3.77. The molecule has 0 aliphatic rings. The van der Waals surface area contributed by atoms with Crippen LogP contribution in [0.3, 0.4) is 0 Å². The predicted octanol–water partition coefficient (Wildman–Crippen LogP) is -0.512. The number of carboxylic acids is 1. The van der Waals surface area contributed by atoms with Gasteiger partial charge in [-0.25, -0.2) is 9.78 Å². The van der Waals surface area contributed by atoms with Gasteiger partial charge < -0.3 is 36.9 Å². The zero-order chi connectivity index (χ0) is 27.5. The molecule has 2 aromatic rings. The van der Waals surface area contributed by atoms with Gasteiger partial charge in [0.2, 0.25) is 17.7 Å². The fourth-order valence-corrected chi connectivity index (χ4v) is 3.58. The Balaban J connectivity index is 2.25. The molecule has 12 heteroatoms. The van der Waals surface area contributed by atoms with Gasteiger partial charge in [-0.3, -0.25) is 14.4 Å². The van der Waals surface area contributed by atoms with Crippen LogP contribution in [0.4, 0.5) is 0 Å². The van der Waals surface area contributed by atoms with Crippen LogP contribution in [0.2, 0.25) is 0 Å². The Labute approximate surface area is 215 Å². The zero-order valence-electron chi connectivity index (χ0n) is 21.2. The molecule has 3 amide bonds. The number of imidazole rings is 1. The Morgan fingerprint density at radius 1 is 0.973 bits per heavy atom. The SMILES string of the molecule is CCC(C)C(NC(=O)C(N)C(C)O)C(=O)NC(Cc1ccccc1)C(=O)NC(Cc1cnc[nH]1)C(=O)O. The number of aliphatic carboxylic acids is 1. The highest BCUT2D eigenvalue weighted by Crippen LogP contribution is 2.11. The number of aromatic amines is 1. The Kier molecular flexibility index (Phi) is 11.2. The van der Waals surface area contributed by atoms with Crippen LogP contribution in [0.5, 0.6) is 0 Å². The first kappa shape index (κ1) is 29.5. The molecule has 6 atom stereocenters. The average molecular weight is 517 g/mol. The van der Waals surface area contributed by atoms with Crippen molar-refractivity contribution in [2.75, 3.05) is 0 Å². The minimum absolute atomic E-state index is 0.0319. The first-order valence-electron chi connectivity index (χ1n) is 12.1. The van der Waals surface area contributed by atoms with E-state index in [2.05, 4.69) is 25.9 Å². The maximum absolute atomic E-state index is 13.3. The predicted molar refractivity (Wildman–Crippen MR) is 135 cm³/mol. The lowest BCUT2D eigenvalue weighted by atomic mass is 9.96.